The SMILES string of the molecule is C=C1C(C=O)C=CC(C)(C)C1CCN1CCNCC1. The predicted molar refractivity (Wildman–Crippen MR) is 79.0 cm³/mol. The van der Waals surface area contributed by atoms with Crippen LogP contribution >= 0.6 is 0 Å². The minimum Gasteiger partial charge on any atom is -0.314 e. The van der Waals surface area contributed by atoms with E-state index < -0.39 is 0 Å². The Kier molecular flexibility index (Phi) is 4.58. The van der Waals surface area contributed by atoms with Crippen LogP contribution in [0.15, 0.2) is 24.3 Å². The molecule has 19 heavy (non-hydrogen) atoms. The van der Waals surface area contributed by atoms with Crippen molar-refractivity contribution in [3.8, 4) is 0 Å². The van der Waals surface area contributed by atoms with Crippen LogP contribution in [-0.2, 0) is 4.79 Å². The van der Waals surface area contributed by atoms with Crippen LogP contribution in [0.2, 0.25) is 0 Å². The maximum Gasteiger partial charge on any atom is 0.130 e. The zero-order chi connectivity index (χ0) is 13.9. The standard InChI is InChI=1S/C16H26N2O/c1-13-14(12-19)4-6-16(2,3)15(13)5-9-18-10-7-17-8-11-18/h4,6,12,14-15,17H,1,5,7-11H2,2-3H3. The van der Waals surface area contributed by atoms with E-state index in [4.69, 9.17) is 0 Å². The van der Waals surface area contributed by atoms with Crippen molar-refractivity contribution in [3.05, 3.63) is 24.3 Å². The number of nitrogens with one attached hydrogen (secondary N) is 1. The van der Waals surface area contributed by atoms with Gasteiger partial charge in [-0.3, -0.25) is 0 Å². The Labute approximate surface area is 116 Å². The highest BCUT2D eigenvalue weighted by Crippen LogP contribution is 2.42. The highest BCUT2D eigenvalue weighted by molar-refractivity contribution is 5.63. The minimum atomic E-state index is -0.0824. The number of piperazine rings is 1. The van der Waals surface area contributed by atoms with Crippen LogP contribution in [0.3, 0.4) is 0 Å². The Balaban J connectivity index is 1.98. The van der Waals surface area contributed by atoms with E-state index in [0.29, 0.717) is 5.92 Å². The Morgan fingerprint density at radius 1 is 1.47 bits per heavy atom. The van der Waals surface area contributed by atoms with Crippen LogP contribution < -0.4 is 5.32 Å². The Morgan fingerprint density at radius 3 is 2.79 bits per heavy atom. The molecule has 0 saturated carbocycles. The average molecular weight is 262 g/mol. The summed E-state index contributed by atoms with van der Waals surface area (Å²) in [6.45, 7) is 14.2. The van der Waals surface area contributed by atoms with E-state index in [9.17, 15) is 4.79 Å². The first-order valence-electron chi connectivity index (χ1n) is 7.31. The monoisotopic (exact) mass is 262 g/mol. The van der Waals surface area contributed by atoms with Crippen LogP contribution in [0.1, 0.15) is 20.3 Å². The molecule has 1 N–H and O–H groups in total. The molecule has 2 atom stereocenters. The molecule has 1 aliphatic carbocycles. The summed E-state index contributed by atoms with van der Waals surface area (Å²) in [6, 6.07) is 0. The lowest BCUT2D eigenvalue weighted by Gasteiger charge is -2.40. The van der Waals surface area contributed by atoms with Crippen molar-refractivity contribution in [2.75, 3.05) is 32.7 Å². The molecule has 0 bridgehead atoms. The number of carbonyl (C=O) groups is 1. The molecule has 2 aliphatic rings. The van der Waals surface area contributed by atoms with Crippen LogP contribution in [-0.4, -0.2) is 43.9 Å². The lowest BCUT2D eigenvalue weighted by atomic mass is 9.66. The van der Waals surface area contributed by atoms with Gasteiger partial charge < -0.3 is 15.0 Å². The van der Waals surface area contributed by atoms with Crippen molar-refractivity contribution in [1.82, 2.24) is 10.2 Å². The van der Waals surface area contributed by atoms with Gasteiger partial charge in [0.2, 0.25) is 0 Å². The first-order valence-corrected chi connectivity index (χ1v) is 7.31. The van der Waals surface area contributed by atoms with Crippen molar-refractivity contribution < 1.29 is 4.79 Å². The van der Waals surface area contributed by atoms with E-state index in [1.807, 2.05) is 6.08 Å². The molecule has 2 unspecified atom stereocenters. The summed E-state index contributed by atoms with van der Waals surface area (Å²) in [6.07, 6.45) is 6.33. The predicted octanol–water partition coefficient (Wildman–Crippen LogP) is 1.87. The molecule has 1 heterocycles. The van der Waals surface area contributed by atoms with Crippen LogP contribution in [0.25, 0.3) is 0 Å². The van der Waals surface area contributed by atoms with E-state index in [1.54, 1.807) is 0 Å². The topological polar surface area (TPSA) is 32.3 Å². The van der Waals surface area contributed by atoms with Crippen molar-refractivity contribution in [3.63, 3.8) is 0 Å². The zero-order valence-electron chi connectivity index (χ0n) is 12.2. The molecule has 0 aromatic carbocycles. The average Bonchev–Trinajstić information content (AvgIpc) is 2.39. The van der Waals surface area contributed by atoms with Gasteiger partial charge in [0.05, 0.1) is 5.92 Å². The molecule has 1 saturated heterocycles. The molecule has 1 aliphatic heterocycles. The third kappa shape index (κ3) is 3.34. The molecule has 0 aromatic heterocycles. The molecule has 0 amide bonds. The molecule has 106 valence electrons. The molecule has 0 aromatic rings. The van der Waals surface area contributed by atoms with Gasteiger partial charge in [-0.1, -0.05) is 38.2 Å². The molecule has 3 nitrogen and oxygen atoms in total. The summed E-state index contributed by atoms with van der Waals surface area (Å²) in [5.41, 5.74) is 1.21. The van der Waals surface area contributed by atoms with Gasteiger partial charge in [0, 0.05) is 26.2 Å². The quantitative estimate of drug-likeness (QED) is 0.620. The normalized spacial score (nSPS) is 31.4. The highest BCUT2D eigenvalue weighted by Gasteiger charge is 2.35. The number of carbonyl (C=O) groups excluding carboxylic acids is 1. The number of hydrogen-bond donors (Lipinski definition) is 1. The summed E-state index contributed by atoms with van der Waals surface area (Å²) >= 11 is 0. The van der Waals surface area contributed by atoms with Crippen molar-refractivity contribution in [2.45, 2.75) is 20.3 Å². The Bertz CT molecular complexity index is 367. The molecule has 3 heteroatoms. The summed E-state index contributed by atoms with van der Waals surface area (Å²) in [7, 11) is 0. The number of hydrogen-bond acceptors (Lipinski definition) is 3. The van der Waals surface area contributed by atoms with E-state index in [0.717, 1.165) is 51.0 Å². The first kappa shape index (κ1) is 14.5. The molecular weight excluding hydrogens is 236 g/mol. The minimum absolute atomic E-state index is 0.0824. The van der Waals surface area contributed by atoms with Gasteiger partial charge in [-0.05, 0) is 24.3 Å². The van der Waals surface area contributed by atoms with Crippen LogP contribution in [0, 0.1) is 17.3 Å². The van der Waals surface area contributed by atoms with E-state index in [2.05, 4.69) is 36.7 Å². The lowest BCUT2D eigenvalue weighted by Crippen LogP contribution is -2.44. The fraction of sp³-hybridized carbons (Fsp3) is 0.688. The summed E-state index contributed by atoms with van der Waals surface area (Å²) in [4.78, 5) is 13.6. The maximum absolute atomic E-state index is 11.1. The highest BCUT2D eigenvalue weighted by atomic mass is 16.1. The number of aldehydes is 1. The molecule has 1 fully saturated rings. The van der Waals surface area contributed by atoms with Gasteiger partial charge in [-0.15, -0.1) is 0 Å². The van der Waals surface area contributed by atoms with Crippen molar-refractivity contribution >= 4 is 6.29 Å². The number of nitrogens with zero attached hydrogens (tertiary/aromatic N) is 1. The van der Waals surface area contributed by atoms with Crippen molar-refractivity contribution in [1.29, 1.82) is 0 Å². The Morgan fingerprint density at radius 2 is 2.16 bits per heavy atom. The first-order chi connectivity index (χ1) is 9.04. The summed E-state index contributed by atoms with van der Waals surface area (Å²) < 4.78 is 0. The van der Waals surface area contributed by atoms with E-state index in [-0.39, 0.29) is 11.3 Å². The van der Waals surface area contributed by atoms with Crippen molar-refractivity contribution in [2.24, 2.45) is 17.3 Å². The number of rotatable bonds is 4. The third-order valence-electron chi connectivity index (χ3n) is 4.60. The summed E-state index contributed by atoms with van der Waals surface area (Å²) in [5, 5.41) is 3.38. The third-order valence-corrected chi connectivity index (χ3v) is 4.60. The second-order valence-corrected chi connectivity index (χ2v) is 6.35. The fourth-order valence-electron chi connectivity index (χ4n) is 3.24. The lowest BCUT2D eigenvalue weighted by molar-refractivity contribution is -0.109. The van der Waals surface area contributed by atoms with Gasteiger partial charge in [0.15, 0.2) is 0 Å². The zero-order valence-corrected chi connectivity index (χ0v) is 12.2. The maximum atomic E-state index is 11.1. The second kappa shape index (κ2) is 6.02. The van der Waals surface area contributed by atoms with Crippen LogP contribution in [0.4, 0.5) is 0 Å². The Hall–Kier alpha value is -0.930. The van der Waals surface area contributed by atoms with Gasteiger partial charge in [0.1, 0.15) is 6.29 Å². The van der Waals surface area contributed by atoms with Gasteiger partial charge >= 0.3 is 0 Å². The smallest absolute Gasteiger partial charge is 0.130 e. The molecule has 2 rings (SSSR count). The summed E-state index contributed by atoms with van der Waals surface area (Å²) in [5.74, 6) is 0.323. The molecule has 0 radical (unpaired) electrons. The molecule has 0 spiro atoms. The van der Waals surface area contributed by atoms with E-state index >= 15 is 0 Å². The molecular formula is C16H26N2O. The second-order valence-electron chi connectivity index (χ2n) is 6.35. The van der Waals surface area contributed by atoms with Gasteiger partial charge in [-0.2, -0.15) is 0 Å². The van der Waals surface area contributed by atoms with Gasteiger partial charge in [-0.25, -0.2) is 0 Å². The largest absolute Gasteiger partial charge is 0.314 e. The van der Waals surface area contributed by atoms with E-state index in [1.165, 1.54) is 0 Å². The van der Waals surface area contributed by atoms with Crippen LogP contribution in [0.5, 0.6) is 0 Å². The number of allylic oxidation sites excluding steroid dienone is 3. The van der Waals surface area contributed by atoms with Gasteiger partial charge in [0.25, 0.3) is 0 Å². The fourth-order valence-corrected chi connectivity index (χ4v) is 3.24.